The van der Waals surface area contributed by atoms with Crippen LogP contribution < -0.4 is 10.5 Å². The summed E-state index contributed by atoms with van der Waals surface area (Å²) in [4.78, 5) is 30.2. The normalized spacial score (nSPS) is 15.2. The molecule has 8 heteroatoms. The minimum absolute atomic E-state index is 0.00282. The predicted molar refractivity (Wildman–Crippen MR) is 143 cm³/mol. The van der Waals surface area contributed by atoms with E-state index in [1.54, 1.807) is 12.1 Å². The van der Waals surface area contributed by atoms with E-state index < -0.39 is 0 Å². The molecule has 1 fully saturated rings. The van der Waals surface area contributed by atoms with Crippen molar-refractivity contribution in [2.75, 3.05) is 31.1 Å². The second-order valence-electron chi connectivity index (χ2n) is 9.93. The van der Waals surface area contributed by atoms with Crippen molar-refractivity contribution in [3.8, 4) is 16.9 Å². The third-order valence-electron chi connectivity index (χ3n) is 7.63. The Hall–Kier alpha value is -4.20. The summed E-state index contributed by atoms with van der Waals surface area (Å²) in [7, 11) is 0. The van der Waals surface area contributed by atoms with E-state index >= 15 is 0 Å². The van der Waals surface area contributed by atoms with Crippen LogP contribution in [0.15, 0.2) is 59.4 Å². The van der Waals surface area contributed by atoms with Crippen molar-refractivity contribution in [3.63, 3.8) is 0 Å². The van der Waals surface area contributed by atoms with Gasteiger partial charge in [0, 0.05) is 43.4 Å². The number of rotatable bonds is 3. The van der Waals surface area contributed by atoms with Crippen LogP contribution in [0.5, 0.6) is 0 Å². The number of nitrogens with one attached hydrogen (secondary N) is 1. The van der Waals surface area contributed by atoms with Gasteiger partial charge >= 0.3 is 0 Å². The van der Waals surface area contributed by atoms with Crippen molar-refractivity contribution >= 4 is 11.7 Å². The minimum Gasteiger partial charge on any atom is -0.353 e. The summed E-state index contributed by atoms with van der Waals surface area (Å²) in [5.74, 6) is 0.741. The number of carbonyl (C=O) groups is 1. The van der Waals surface area contributed by atoms with Gasteiger partial charge in [-0.2, -0.15) is 9.78 Å². The lowest BCUT2D eigenvalue weighted by Gasteiger charge is -2.23. The van der Waals surface area contributed by atoms with E-state index in [1.165, 1.54) is 15.8 Å². The van der Waals surface area contributed by atoms with Gasteiger partial charge in [0.05, 0.1) is 11.4 Å². The lowest BCUT2D eigenvalue weighted by atomic mass is 9.89. The van der Waals surface area contributed by atoms with E-state index in [0.29, 0.717) is 25.3 Å². The molecule has 37 heavy (non-hydrogen) atoms. The first-order chi connectivity index (χ1) is 18.0. The molecule has 3 heterocycles. The van der Waals surface area contributed by atoms with Gasteiger partial charge in [-0.25, -0.2) is 0 Å². The van der Waals surface area contributed by atoms with Crippen molar-refractivity contribution in [3.05, 3.63) is 92.9 Å². The molecule has 2 aromatic heterocycles. The maximum Gasteiger partial charge on any atom is 0.272 e. The number of fused-ring (bicyclic) bond motifs is 3. The second-order valence-corrected chi connectivity index (χ2v) is 9.93. The number of aromatic nitrogens is 4. The molecule has 8 nitrogen and oxygen atoms in total. The molecule has 4 aromatic rings. The molecule has 1 amide bonds. The topological polar surface area (TPSA) is 87.1 Å². The van der Waals surface area contributed by atoms with Crippen LogP contribution >= 0.6 is 0 Å². The van der Waals surface area contributed by atoms with Crippen LogP contribution in [0.4, 0.5) is 5.82 Å². The fourth-order valence-corrected chi connectivity index (χ4v) is 5.36. The zero-order valence-electron chi connectivity index (χ0n) is 21.2. The zero-order chi connectivity index (χ0) is 25.5. The summed E-state index contributed by atoms with van der Waals surface area (Å²) >= 11 is 0. The minimum atomic E-state index is -0.163. The third kappa shape index (κ3) is 4.22. The first-order valence-corrected chi connectivity index (χ1v) is 12.9. The lowest BCUT2D eigenvalue weighted by molar-refractivity contribution is 0.0760. The molecule has 2 aliphatic rings. The van der Waals surface area contributed by atoms with Crippen LogP contribution in [0.25, 0.3) is 16.9 Å². The number of carbonyl (C=O) groups excluding carboxylic acids is 1. The summed E-state index contributed by atoms with van der Waals surface area (Å²) in [5.41, 5.74) is 7.81. The Bertz CT molecular complexity index is 1550. The van der Waals surface area contributed by atoms with E-state index in [4.69, 9.17) is 0 Å². The number of H-pyrrole nitrogens is 1. The molecule has 0 unspecified atom stereocenters. The first kappa shape index (κ1) is 23.2. The van der Waals surface area contributed by atoms with Gasteiger partial charge in [-0.3, -0.25) is 14.7 Å². The Balaban J connectivity index is 1.21. The molecule has 0 saturated carbocycles. The molecule has 1 aliphatic carbocycles. The quantitative estimate of drug-likeness (QED) is 0.469. The summed E-state index contributed by atoms with van der Waals surface area (Å²) in [6.45, 7) is 6.72. The van der Waals surface area contributed by atoms with Crippen LogP contribution in [-0.2, 0) is 12.8 Å². The average Bonchev–Trinajstić information content (AvgIpc) is 3.20. The molecule has 0 bridgehead atoms. The monoisotopic (exact) mass is 494 g/mol. The molecule has 1 saturated heterocycles. The van der Waals surface area contributed by atoms with Crippen LogP contribution in [0.2, 0.25) is 0 Å². The summed E-state index contributed by atoms with van der Waals surface area (Å²) in [5, 5.41) is 12.3. The van der Waals surface area contributed by atoms with E-state index in [2.05, 4.69) is 32.3 Å². The maximum atomic E-state index is 13.6. The van der Waals surface area contributed by atoms with Crippen molar-refractivity contribution in [2.45, 2.75) is 33.1 Å². The number of anilines is 1. The van der Waals surface area contributed by atoms with Gasteiger partial charge in [0.1, 0.15) is 11.5 Å². The van der Waals surface area contributed by atoms with Crippen molar-refractivity contribution in [1.29, 1.82) is 0 Å². The Kier molecular flexibility index (Phi) is 5.87. The Labute approximate surface area is 215 Å². The van der Waals surface area contributed by atoms with Gasteiger partial charge in [-0.15, -0.1) is 5.10 Å². The van der Waals surface area contributed by atoms with Gasteiger partial charge in [-0.05, 0) is 68.0 Å². The highest BCUT2D eigenvalue weighted by atomic mass is 16.2. The van der Waals surface area contributed by atoms with E-state index in [0.717, 1.165) is 59.7 Å². The first-order valence-electron chi connectivity index (χ1n) is 12.9. The largest absolute Gasteiger partial charge is 0.353 e. The molecule has 6 rings (SSSR count). The van der Waals surface area contributed by atoms with Crippen LogP contribution in [0, 0.1) is 13.8 Å². The highest BCUT2D eigenvalue weighted by Gasteiger charge is 2.29. The summed E-state index contributed by atoms with van der Waals surface area (Å²) in [6, 6.07) is 17.5. The fourth-order valence-electron chi connectivity index (χ4n) is 5.36. The Morgan fingerprint density at radius 3 is 2.65 bits per heavy atom. The standard InChI is InChI=1S/C29H30N6O2/c1-19-8-10-22(18-20(19)2)35-26(36)13-12-25(32-35)33-14-5-15-34(17-16-33)29(37)28-24-11-9-21-6-3-4-7-23(21)27(24)30-31-28/h3-4,6-8,10,12-13,18H,5,9,11,14-17H2,1-2H3,(H,30,31). The molecular weight excluding hydrogens is 464 g/mol. The van der Waals surface area contributed by atoms with E-state index in [9.17, 15) is 9.59 Å². The number of aromatic amines is 1. The van der Waals surface area contributed by atoms with Gasteiger partial charge in [0.2, 0.25) is 0 Å². The van der Waals surface area contributed by atoms with Gasteiger partial charge < -0.3 is 9.80 Å². The second kappa shape index (κ2) is 9.35. The van der Waals surface area contributed by atoms with Crippen LogP contribution in [0.3, 0.4) is 0 Å². The predicted octanol–water partition coefficient (Wildman–Crippen LogP) is 3.69. The molecule has 188 valence electrons. The molecule has 0 spiro atoms. The smallest absolute Gasteiger partial charge is 0.272 e. The number of hydrogen-bond acceptors (Lipinski definition) is 5. The zero-order valence-corrected chi connectivity index (χ0v) is 21.2. The Morgan fingerprint density at radius 2 is 1.78 bits per heavy atom. The number of nitrogens with zero attached hydrogens (tertiary/aromatic N) is 5. The number of aryl methyl sites for hydroxylation is 3. The lowest BCUT2D eigenvalue weighted by Crippen LogP contribution is -2.36. The molecule has 1 aliphatic heterocycles. The fraction of sp³-hybridized carbons (Fsp3) is 0.310. The molecule has 2 aromatic carbocycles. The maximum absolute atomic E-state index is 13.6. The van der Waals surface area contributed by atoms with Gasteiger partial charge in [-0.1, -0.05) is 30.3 Å². The van der Waals surface area contributed by atoms with E-state index in [-0.39, 0.29) is 11.5 Å². The summed E-state index contributed by atoms with van der Waals surface area (Å²) in [6.07, 6.45) is 2.54. The highest BCUT2D eigenvalue weighted by molar-refractivity contribution is 5.96. The average molecular weight is 495 g/mol. The van der Waals surface area contributed by atoms with Gasteiger partial charge in [0.25, 0.3) is 11.5 Å². The Morgan fingerprint density at radius 1 is 0.919 bits per heavy atom. The number of benzene rings is 2. The number of hydrogen-bond donors (Lipinski definition) is 1. The highest BCUT2D eigenvalue weighted by Crippen LogP contribution is 2.33. The van der Waals surface area contributed by atoms with E-state index in [1.807, 2.05) is 49.1 Å². The van der Waals surface area contributed by atoms with Crippen molar-refractivity contribution < 1.29 is 4.79 Å². The molecule has 0 atom stereocenters. The SMILES string of the molecule is Cc1ccc(-n2nc(N3CCCN(C(=O)c4[nH]nc5c4CCc4ccccc4-5)CC3)ccc2=O)cc1C. The third-order valence-corrected chi connectivity index (χ3v) is 7.63. The number of amides is 1. The van der Waals surface area contributed by atoms with Gasteiger partial charge in [0.15, 0.2) is 0 Å². The summed E-state index contributed by atoms with van der Waals surface area (Å²) < 4.78 is 1.46. The van der Waals surface area contributed by atoms with Crippen molar-refractivity contribution in [1.82, 2.24) is 24.9 Å². The molecule has 1 N–H and O–H groups in total. The molecular formula is C29H30N6O2. The molecule has 0 radical (unpaired) electrons. The van der Waals surface area contributed by atoms with Crippen LogP contribution in [0.1, 0.15) is 39.2 Å². The van der Waals surface area contributed by atoms with Crippen LogP contribution in [-0.4, -0.2) is 57.0 Å². The van der Waals surface area contributed by atoms with Crippen molar-refractivity contribution in [2.24, 2.45) is 0 Å².